The van der Waals surface area contributed by atoms with Gasteiger partial charge < -0.3 is 15.8 Å². The number of carbonyl (C=O) groups is 1. The summed E-state index contributed by atoms with van der Waals surface area (Å²) in [4.78, 5) is 15.3. The maximum absolute atomic E-state index is 14.1. The molecule has 0 spiro atoms. The lowest BCUT2D eigenvalue weighted by Gasteiger charge is -2.36. The van der Waals surface area contributed by atoms with E-state index in [0.717, 1.165) is 5.56 Å². The number of benzene rings is 1. The van der Waals surface area contributed by atoms with E-state index in [4.69, 9.17) is 5.73 Å². The Labute approximate surface area is 130 Å². The third-order valence-corrected chi connectivity index (χ3v) is 3.94. The molecule has 0 aromatic heterocycles. The Morgan fingerprint density at radius 1 is 1.52 bits per heavy atom. The molecular formula is C14H16AlF2N3O. The van der Waals surface area contributed by atoms with Gasteiger partial charge in [-0.15, -0.1) is 0 Å². The highest BCUT2D eigenvalue weighted by molar-refractivity contribution is 6.60. The summed E-state index contributed by atoms with van der Waals surface area (Å²) in [6.45, 7) is 0.654. The predicted octanol–water partition coefficient (Wildman–Crippen LogP) is 2.43. The zero-order valence-electron chi connectivity index (χ0n) is 11.7. The van der Waals surface area contributed by atoms with Crippen LogP contribution in [0.1, 0.15) is 25.3 Å². The van der Waals surface area contributed by atoms with Crippen molar-refractivity contribution in [1.82, 2.24) is 0 Å². The second kappa shape index (κ2) is 5.74. The minimum Gasteiger partial charge on any atom is -0.385 e. The van der Waals surface area contributed by atoms with Crippen molar-refractivity contribution in [2.24, 2.45) is 10.7 Å². The Bertz CT molecular complexity index is 595. The van der Waals surface area contributed by atoms with Crippen molar-refractivity contribution in [3.63, 3.8) is 0 Å². The molecule has 21 heavy (non-hydrogen) atoms. The Morgan fingerprint density at radius 2 is 2.24 bits per heavy atom. The number of carbonyl (C=O) groups excluding carboxylic acids is 1. The Balaban J connectivity index is 2.35. The zero-order valence-corrected chi connectivity index (χ0v) is 12.9. The molecule has 0 saturated heterocycles. The minimum absolute atomic E-state index is 0.0183. The van der Waals surface area contributed by atoms with E-state index in [9.17, 15) is 13.6 Å². The van der Waals surface area contributed by atoms with Crippen molar-refractivity contribution >= 4 is 32.6 Å². The van der Waals surface area contributed by atoms with Crippen LogP contribution in [0.25, 0.3) is 0 Å². The zero-order chi connectivity index (χ0) is 15.7. The number of halogens is 2. The van der Waals surface area contributed by atoms with Crippen LogP contribution in [0.4, 0.5) is 19.3 Å². The number of hydrogen-bond donors (Lipinski definition) is 2. The maximum Gasteiger partial charge on any atom is 0.281 e. The fraction of sp³-hybridized carbons (Fsp3) is 0.429. The number of nitrogens with two attached hydrogens (primary N) is 1. The summed E-state index contributed by atoms with van der Waals surface area (Å²) >= 11 is 2.03. The molecule has 7 heteroatoms. The summed E-state index contributed by atoms with van der Waals surface area (Å²) in [5.74, 6) is -0.306. The summed E-state index contributed by atoms with van der Waals surface area (Å²) in [6.07, 6.45) is 0.321. The lowest BCUT2D eigenvalue weighted by molar-refractivity contribution is 0.153. The highest BCUT2D eigenvalue weighted by Crippen LogP contribution is 2.39. The molecule has 1 unspecified atom stereocenters. The van der Waals surface area contributed by atoms with Crippen LogP contribution in [0.5, 0.6) is 0 Å². The summed E-state index contributed by atoms with van der Waals surface area (Å²) in [6, 6.07) is 7.11. The van der Waals surface area contributed by atoms with Crippen molar-refractivity contribution in [2.45, 2.75) is 31.0 Å². The molecule has 1 aromatic carbocycles. The van der Waals surface area contributed by atoms with Gasteiger partial charge in [-0.05, 0) is 37.5 Å². The van der Waals surface area contributed by atoms with Crippen LogP contribution in [-0.4, -0.2) is 39.2 Å². The average molecular weight is 307 g/mol. The molecule has 0 saturated carbocycles. The van der Waals surface area contributed by atoms with Gasteiger partial charge in [0.25, 0.3) is 16.3 Å². The van der Waals surface area contributed by atoms with Gasteiger partial charge in [0.05, 0.1) is 5.54 Å². The van der Waals surface area contributed by atoms with Crippen molar-refractivity contribution in [3.05, 3.63) is 29.8 Å². The number of anilines is 1. The van der Waals surface area contributed by atoms with Crippen molar-refractivity contribution in [3.8, 4) is 0 Å². The third kappa shape index (κ3) is 3.25. The first-order valence-electron chi connectivity index (χ1n) is 6.57. The average Bonchev–Trinajstić information content (AvgIpc) is 2.43. The second-order valence-corrected chi connectivity index (χ2v) is 5.96. The van der Waals surface area contributed by atoms with Gasteiger partial charge in [-0.3, -0.25) is 4.99 Å². The standard InChI is InChI=1S/C14H16F2N3O.Al/c1-13(5-6-14(16,8-15)12(17)19-13)10-3-2-4-11(7-10)18-9-20;/h2-4,7H,5-6,8H2,1H3,(H2,17,19)(H,18,20);/t13-,14?;/m0./s1. The number of alkyl halides is 2. The molecule has 1 heterocycles. The van der Waals surface area contributed by atoms with Gasteiger partial charge in [0.2, 0.25) is 0 Å². The first-order valence-corrected chi connectivity index (χ1v) is 7.14. The first-order chi connectivity index (χ1) is 9.79. The van der Waals surface area contributed by atoms with Crippen molar-refractivity contribution < 1.29 is 13.6 Å². The summed E-state index contributed by atoms with van der Waals surface area (Å²) in [7, 11) is 0. The van der Waals surface area contributed by atoms with E-state index in [1.807, 2.05) is 29.3 Å². The molecule has 110 valence electrons. The lowest BCUT2D eigenvalue weighted by atomic mass is 9.81. The second-order valence-electron chi connectivity index (χ2n) is 5.44. The number of hydrogen-bond acceptors (Lipinski definition) is 3. The summed E-state index contributed by atoms with van der Waals surface area (Å²) in [5, 5.41) is 2.65. The fourth-order valence-electron chi connectivity index (χ4n) is 2.41. The van der Waals surface area contributed by atoms with Gasteiger partial charge in [0.15, 0.2) is 5.67 Å². The van der Waals surface area contributed by atoms with Crippen LogP contribution >= 0.6 is 0 Å². The molecule has 2 rings (SSSR count). The van der Waals surface area contributed by atoms with Crippen LogP contribution in [0, 0.1) is 0 Å². The van der Waals surface area contributed by atoms with Crippen LogP contribution in [0.3, 0.4) is 0 Å². The summed E-state index contributed by atoms with van der Waals surface area (Å²) < 4.78 is 26.6. The molecule has 0 aliphatic carbocycles. The van der Waals surface area contributed by atoms with E-state index < -0.39 is 17.9 Å². The van der Waals surface area contributed by atoms with Gasteiger partial charge >= 0.3 is 0 Å². The van der Waals surface area contributed by atoms with E-state index in [1.165, 1.54) is 0 Å². The Morgan fingerprint density at radius 3 is 2.81 bits per heavy atom. The first kappa shape index (κ1) is 15.9. The van der Waals surface area contributed by atoms with E-state index >= 15 is 0 Å². The molecule has 3 N–H and O–H groups in total. The number of nitrogens with zero attached hydrogens (tertiary/aromatic N) is 1. The molecule has 1 aliphatic rings. The third-order valence-electron chi connectivity index (χ3n) is 3.80. The molecule has 1 aliphatic heterocycles. The quantitative estimate of drug-likeness (QED) is 0.842. The van der Waals surface area contributed by atoms with E-state index in [1.54, 1.807) is 18.2 Å². The predicted molar refractivity (Wildman–Crippen MR) is 79.2 cm³/mol. The molecule has 2 radical (unpaired) electrons. The number of rotatable bonds is 3. The monoisotopic (exact) mass is 307 g/mol. The normalized spacial score (nSPS) is 28.8. The Hall–Kier alpha value is -1.45. The molecule has 4 nitrogen and oxygen atoms in total. The number of amidine groups is 1. The van der Waals surface area contributed by atoms with Gasteiger partial charge in [-0.1, -0.05) is 12.1 Å². The molecule has 0 fully saturated rings. The van der Waals surface area contributed by atoms with Gasteiger partial charge in [-0.2, -0.15) is 0 Å². The van der Waals surface area contributed by atoms with E-state index in [-0.39, 0.29) is 17.0 Å². The number of amides is 1. The van der Waals surface area contributed by atoms with Gasteiger partial charge in [0.1, 0.15) is 17.3 Å². The molecule has 1 amide bonds. The number of nitrogens with one attached hydrogen (secondary N) is 1. The van der Waals surface area contributed by atoms with Crippen LogP contribution in [0.2, 0.25) is 0 Å². The van der Waals surface area contributed by atoms with Crippen LogP contribution in [0.15, 0.2) is 29.3 Å². The Kier molecular flexibility index (Phi) is 4.36. The lowest BCUT2D eigenvalue weighted by Crippen LogP contribution is -2.48. The SMILES string of the molecule is C[C@@]1(c2cccc(N[C](=O)[Al])c2)CCC(F)(CF)C(N)=N1. The largest absolute Gasteiger partial charge is 0.385 e. The number of aliphatic imine (C=N–C) groups is 1. The smallest absolute Gasteiger partial charge is 0.281 e. The topological polar surface area (TPSA) is 67.5 Å². The maximum atomic E-state index is 14.1. The minimum atomic E-state index is -2.16. The van der Waals surface area contributed by atoms with Crippen LogP contribution < -0.4 is 11.1 Å². The fourth-order valence-corrected chi connectivity index (χ4v) is 2.58. The summed E-state index contributed by atoms with van der Waals surface area (Å²) in [5.41, 5.74) is 4.14. The van der Waals surface area contributed by atoms with Crippen molar-refractivity contribution in [1.29, 1.82) is 0 Å². The van der Waals surface area contributed by atoms with Gasteiger partial charge in [-0.25, -0.2) is 8.78 Å². The molecule has 0 bridgehead atoms. The highest BCUT2D eigenvalue weighted by Gasteiger charge is 2.43. The van der Waals surface area contributed by atoms with E-state index in [0.29, 0.717) is 12.1 Å². The van der Waals surface area contributed by atoms with Crippen molar-refractivity contribution in [2.75, 3.05) is 12.0 Å². The van der Waals surface area contributed by atoms with Gasteiger partial charge in [0, 0.05) is 5.69 Å². The molecular weight excluding hydrogens is 291 g/mol. The van der Waals surface area contributed by atoms with Crippen LogP contribution in [-0.2, 0) is 5.54 Å². The van der Waals surface area contributed by atoms with E-state index in [2.05, 4.69) is 10.3 Å². The highest BCUT2D eigenvalue weighted by atomic mass is 27.0. The molecule has 1 aromatic rings. The molecule has 2 atom stereocenters.